The summed E-state index contributed by atoms with van der Waals surface area (Å²) in [5.41, 5.74) is 6.73. The Bertz CT molecular complexity index is 1500. The zero-order valence-electron chi connectivity index (χ0n) is 20.5. The number of nitrogens with zero attached hydrogens (tertiary/aromatic N) is 3. The third-order valence-electron chi connectivity index (χ3n) is 6.43. The summed E-state index contributed by atoms with van der Waals surface area (Å²) in [6, 6.07) is 38.0. The average Bonchev–Trinajstić information content (AvgIpc) is 3.40. The summed E-state index contributed by atoms with van der Waals surface area (Å²) in [5.74, 6) is -0.429. The van der Waals surface area contributed by atoms with Crippen LogP contribution >= 0.6 is 0 Å². The number of nitrogens with one attached hydrogen (secondary N) is 1. The van der Waals surface area contributed by atoms with Crippen molar-refractivity contribution in [2.75, 3.05) is 10.3 Å². The number of nitriles is 1. The van der Waals surface area contributed by atoms with E-state index in [-0.39, 0.29) is 11.6 Å². The van der Waals surface area contributed by atoms with Gasteiger partial charge in [0.05, 0.1) is 17.4 Å². The number of hydrogen-bond donors (Lipinski definition) is 1. The molecule has 1 N–H and O–H groups in total. The molecule has 0 spiro atoms. The fourth-order valence-corrected chi connectivity index (χ4v) is 4.43. The van der Waals surface area contributed by atoms with Crippen molar-refractivity contribution >= 4 is 29.1 Å². The molecule has 5 rings (SSSR count). The molecule has 180 valence electrons. The van der Waals surface area contributed by atoms with Crippen LogP contribution in [0.3, 0.4) is 0 Å². The van der Waals surface area contributed by atoms with Crippen molar-refractivity contribution in [2.45, 2.75) is 19.4 Å². The average molecular weight is 483 g/mol. The van der Waals surface area contributed by atoms with E-state index < -0.39 is 5.91 Å². The minimum atomic E-state index is -0.429. The Morgan fingerprint density at radius 2 is 1.57 bits per heavy atom. The molecule has 1 aliphatic heterocycles. The Labute approximate surface area is 217 Å². The zero-order chi connectivity index (χ0) is 25.6. The Balaban J connectivity index is 1.40. The van der Waals surface area contributed by atoms with Crippen LogP contribution in [0.2, 0.25) is 0 Å². The number of benzene rings is 4. The van der Waals surface area contributed by atoms with Crippen LogP contribution in [0.4, 0.5) is 11.4 Å². The van der Waals surface area contributed by atoms with Gasteiger partial charge in [0.15, 0.2) is 0 Å². The topological polar surface area (TPSA) is 68.5 Å². The second kappa shape index (κ2) is 10.8. The fourth-order valence-electron chi connectivity index (χ4n) is 4.43. The summed E-state index contributed by atoms with van der Waals surface area (Å²) >= 11 is 0. The van der Waals surface area contributed by atoms with Gasteiger partial charge in [0, 0.05) is 12.1 Å². The maximum Gasteiger partial charge on any atom is 0.266 e. The number of hydrazone groups is 1. The van der Waals surface area contributed by atoms with E-state index in [0.29, 0.717) is 5.69 Å². The highest BCUT2D eigenvalue weighted by Crippen LogP contribution is 2.36. The number of rotatable bonds is 6. The molecule has 1 unspecified atom stereocenters. The van der Waals surface area contributed by atoms with E-state index in [4.69, 9.17) is 5.10 Å². The van der Waals surface area contributed by atoms with E-state index in [0.717, 1.165) is 34.5 Å². The molecule has 1 amide bonds. The molecule has 37 heavy (non-hydrogen) atoms. The van der Waals surface area contributed by atoms with Gasteiger partial charge in [0.1, 0.15) is 11.6 Å². The van der Waals surface area contributed by atoms with Crippen molar-refractivity contribution < 1.29 is 4.79 Å². The molecule has 1 atom stereocenters. The number of anilines is 2. The van der Waals surface area contributed by atoms with Crippen molar-refractivity contribution in [2.24, 2.45) is 5.10 Å². The first-order valence-corrected chi connectivity index (χ1v) is 12.2. The Morgan fingerprint density at radius 3 is 2.24 bits per heavy atom. The summed E-state index contributed by atoms with van der Waals surface area (Å²) in [7, 11) is 0. The molecule has 0 saturated heterocycles. The predicted octanol–water partition coefficient (Wildman–Crippen LogP) is 6.90. The SMILES string of the molecule is Cc1ccccc1NC(=O)/C(C#N)=C/c1ccc(N2N=C(c3ccccc3)CC2c2ccccc2)cc1. The molecule has 0 fully saturated rings. The van der Waals surface area contributed by atoms with E-state index in [1.165, 1.54) is 5.56 Å². The molecule has 0 saturated carbocycles. The largest absolute Gasteiger partial charge is 0.321 e. The van der Waals surface area contributed by atoms with Gasteiger partial charge in [0.2, 0.25) is 0 Å². The molecule has 0 aromatic heterocycles. The zero-order valence-corrected chi connectivity index (χ0v) is 20.5. The molecule has 0 radical (unpaired) electrons. The lowest BCUT2D eigenvalue weighted by Crippen LogP contribution is -2.18. The Hall–Kier alpha value is -4.95. The number of para-hydroxylation sites is 1. The summed E-state index contributed by atoms with van der Waals surface area (Å²) in [4.78, 5) is 12.7. The van der Waals surface area contributed by atoms with Crippen LogP contribution < -0.4 is 10.3 Å². The van der Waals surface area contributed by atoms with Crippen molar-refractivity contribution in [1.29, 1.82) is 5.26 Å². The van der Waals surface area contributed by atoms with Gasteiger partial charge < -0.3 is 5.32 Å². The minimum absolute atomic E-state index is 0.0451. The van der Waals surface area contributed by atoms with Gasteiger partial charge in [0.25, 0.3) is 5.91 Å². The normalized spacial score (nSPS) is 15.1. The van der Waals surface area contributed by atoms with Crippen molar-refractivity contribution in [3.05, 3.63) is 137 Å². The summed E-state index contributed by atoms with van der Waals surface area (Å²) < 4.78 is 0. The van der Waals surface area contributed by atoms with E-state index >= 15 is 0 Å². The highest BCUT2D eigenvalue weighted by Gasteiger charge is 2.29. The van der Waals surface area contributed by atoms with Crippen molar-refractivity contribution in [3.63, 3.8) is 0 Å². The summed E-state index contributed by atoms with van der Waals surface area (Å²) in [6.07, 6.45) is 2.40. The number of carbonyl (C=O) groups excluding carboxylic acids is 1. The molecule has 4 aromatic rings. The molecule has 1 aliphatic rings. The molecule has 5 nitrogen and oxygen atoms in total. The molecular weight excluding hydrogens is 456 g/mol. The highest BCUT2D eigenvalue weighted by molar-refractivity contribution is 6.10. The molecule has 0 bridgehead atoms. The van der Waals surface area contributed by atoms with Crippen LogP contribution in [0.1, 0.15) is 34.7 Å². The maximum atomic E-state index is 12.7. The van der Waals surface area contributed by atoms with Crippen LogP contribution in [-0.4, -0.2) is 11.6 Å². The van der Waals surface area contributed by atoms with Crippen molar-refractivity contribution in [1.82, 2.24) is 0 Å². The second-order valence-electron chi connectivity index (χ2n) is 8.92. The third kappa shape index (κ3) is 5.34. The van der Waals surface area contributed by atoms with E-state index in [1.807, 2.05) is 97.9 Å². The van der Waals surface area contributed by atoms with Gasteiger partial charge in [-0.05, 0) is 53.5 Å². The van der Waals surface area contributed by atoms with Gasteiger partial charge in [-0.3, -0.25) is 9.80 Å². The van der Waals surface area contributed by atoms with Gasteiger partial charge in [-0.1, -0.05) is 91.0 Å². The minimum Gasteiger partial charge on any atom is -0.321 e. The first kappa shape index (κ1) is 23.8. The van der Waals surface area contributed by atoms with E-state index in [1.54, 1.807) is 6.08 Å². The molecule has 5 heteroatoms. The summed E-state index contributed by atoms with van der Waals surface area (Å²) in [6.45, 7) is 1.91. The number of aryl methyl sites for hydroxylation is 1. The lowest BCUT2D eigenvalue weighted by atomic mass is 9.98. The fraction of sp³-hybridized carbons (Fsp3) is 0.0938. The highest BCUT2D eigenvalue weighted by atomic mass is 16.1. The molecule has 0 aliphatic carbocycles. The van der Waals surface area contributed by atoms with Crippen LogP contribution in [0.25, 0.3) is 6.08 Å². The number of carbonyl (C=O) groups is 1. The first-order chi connectivity index (χ1) is 18.1. The Kier molecular flexibility index (Phi) is 6.91. The lowest BCUT2D eigenvalue weighted by Gasteiger charge is -2.24. The van der Waals surface area contributed by atoms with Crippen molar-refractivity contribution in [3.8, 4) is 6.07 Å². The van der Waals surface area contributed by atoms with E-state index in [9.17, 15) is 10.1 Å². The Morgan fingerprint density at radius 1 is 0.919 bits per heavy atom. The first-order valence-electron chi connectivity index (χ1n) is 12.2. The van der Waals surface area contributed by atoms with Gasteiger partial charge in [-0.2, -0.15) is 10.4 Å². The molecule has 4 aromatic carbocycles. The second-order valence-corrected chi connectivity index (χ2v) is 8.92. The quantitative estimate of drug-likeness (QED) is 0.240. The predicted molar refractivity (Wildman–Crippen MR) is 149 cm³/mol. The van der Waals surface area contributed by atoms with Gasteiger partial charge >= 0.3 is 0 Å². The van der Waals surface area contributed by atoms with E-state index in [2.05, 4.69) is 34.6 Å². The van der Waals surface area contributed by atoms with Crippen LogP contribution in [0, 0.1) is 18.3 Å². The van der Waals surface area contributed by atoms with Crippen LogP contribution in [-0.2, 0) is 4.79 Å². The summed E-state index contributed by atoms with van der Waals surface area (Å²) in [5, 5.41) is 19.5. The standard InChI is InChI=1S/C32H26N4O/c1-23-10-8-9-15-29(23)34-32(37)27(22-33)20-24-16-18-28(19-17-24)36-31(26-13-6-3-7-14-26)21-30(35-36)25-11-4-2-5-12-25/h2-20,31H,21H2,1H3,(H,34,37)/b27-20+. The van der Waals surface area contributed by atoms with Gasteiger partial charge in [-0.25, -0.2) is 0 Å². The van der Waals surface area contributed by atoms with Crippen LogP contribution in [0.5, 0.6) is 0 Å². The molecule has 1 heterocycles. The van der Waals surface area contributed by atoms with Crippen LogP contribution in [0.15, 0.2) is 120 Å². The maximum absolute atomic E-state index is 12.7. The third-order valence-corrected chi connectivity index (χ3v) is 6.43. The van der Waals surface area contributed by atoms with Gasteiger partial charge in [-0.15, -0.1) is 0 Å². The smallest absolute Gasteiger partial charge is 0.266 e. The number of hydrogen-bond acceptors (Lipinski definition) is 4. The molecular formula is C32H26N4O. The number of amides is 1. The lowest BCUT2D eigenvalue weighted by molar-refractivity contribution is -0.112. The monoisotopic (exact) mass is 482 g/mol.